The molecule has 0 aromatic heterocycles. The fourth-order valence-electron chi connectivity index (χ4n) is 1.27. The summed E-state index contributed by atoms with van der Waals surface area (Å²) in [5.74, 6) is -1.45. The van der Waals surface area contributed by atoms with Gasteiger partial charge in [-0.25, -0.2) is 13.7 Å². The average molecular weight is 223 g/mol. The molecule has 7 heteroatoms. The fraction of sp³-hybridized carbons (Fsp3) is 0.750. The van der Waals surface area contributed by atoms with E-state index in [9.17, 15) is 17.6 Å². The first-order chi connectivity index (χ1) is 7.00. The van der Waals surface area contributed by atoms with Gasteiger partial charge < -0.3 is 4.74 Å². The molecule has 1 unspecified atom stereocenters. The first-order valence-corrected chi connectivity index (χ1v) is 4.42. The molecule has 2 nitrogen and oxygen atoms in total. The monoisotopic (exact) mass is 223 g/mol. The molecular formula is C8H10BF4NO. The van der Waals surface area contributed by atoms with Gasteiger partial charge in [0.1, 0.15) is 13.7 Å². The fourth-order valence-corrected chi connectivity index (χ4v) is 1.27. The molecule has 1 aliphatic rings. The van der Waals surface area contributed by atoms with Crippen molar-refractivity contribution in [2.45, 2.75) is 12.2 Å². The van der Waals surface area contributed by atoms with Crippen LogP contribution in [0.5, 0.6) is 0 Å². The van der Waals surface area contributed by atoms with Gasteiger partial charge in [-0.1, -0.05) is 5.98 Å². The van der Waals surface area contributed by atoms with Crippen LogP contribution in [0.4, 0.5) is 17.6 Å². The van der Waals surface area contributed by atoms with E-state index in [1.807, 2.05) is 0 Å². The van der Waals surface area contributed by atoms with Gasteiger partial charge in [0.05, 0.1) is 13.2 Å². The molecule has 1 saturated heterocycles. The lowest BCUT2D eigenvalue weighted by Crippen LogP contribution is -2.53. The Bertz CT molecular complexity index is 243. The maximum atomic E-state index is 13.3. The number of halogens is 4. The first-order valence-electron chi connectivity index (χ1n) is 4.42. The first kappa shape index (κ1) is 12.5. The van der Waals surface area contributed by atoms with E-state index >= 15 is 0 Å². The summed E-state index contributed by atoms with van der Waals surface area (Å²) in [5.41, 5.74) is 0. The van der Waals surface area contributed by atoms with Crippen LogP contribution in [0.25, 0.3) is 0 Å². The van der Waals surface area contributed by atoms with E-state index in [1.54, 1.807) is 0 Å². The van der Waals surface area contributed by atoms with Gasteiger partial charge in [0, 0.05) is 13.1 Å². The molecule has 0 amide bonds. The SMILES string of the molecule is [B]/C=C(\F)C(F)C(F)(F)N1CCOCC1. The minimum Gasteiger partial charge on any atom is -0.379 e. The Balaban J connectivity index is 2.71. The van der Waals surface area contributed by atoms with Crippen LogP contribution in [-0.2, 0) is 4.74 Å². The van der Waals surface area contributed by atoms with Gasteiger partial charge in [-0.05, 0) is 0 Å². The van der Waals surface area contributed by atoms with Crippen molar-refractivity contribution in [1.82, 2.24) is 4.90 Å². The summed E-state index contributed by atoms with van der Waals surface area (Å²) in [5, 5.41) is 0. The molecular weight excluding hydrogens is 213 g/mol. The number of morpholine rings is 1. The number of nitrogens with zero attached hydrogens (tertiary/aromatic N) is 1. The molecule has 0 N–H and O–H groups in total. The normalized spacial score (nSPS) is 22.8. The summed E-state index contributed by atoms with van der Waals surface area (Å²) in [6, 6.07) is -3.89. The molecule has 1 heterocycles. The third-order valence-electron chi connectivity index (χ3n) is 2.14. The second-order valence-corrected chi connectivity index (χ2v) is 3.10. The highest BCUT2D eigenvalue weighted by Gasteiger charge is 2.48. The smallest absolute Gasteiger partial charge is 0.342 e. The maximum Gasteiger partial charge on any atom is 0.342 e. The summed E-state index contributed by atoms with van der Waals surface area (Å²) < 4.78 is 57.0. The third-order valence-corrected chi connectivity index (χ3v) is 2.14. The predicted octanol–water partition coefficient (Wildman–Crippen LogP) is 1.23. The van der Waals surface area contributed by atoms with E-state index in [0.29, 0.717) is 4.90 Å². The highest BCUT2D eigenvalue weighted by atomic mass is 19.3. The van der Waals surface area contributed by atoms with Crippen molar-refractivity contribution >= 4 is 7.85 Å². The summed E-state index contributed by atoms with van der Waals surface area (Å²) in [6.45, 7) is -0.108. The molecule has 15 heavy (non-hydrogen) atoms. The van der Waals surface area contributed by atoms with Crippen molar-refractivity contribution in [2.24, 2.45) is 0 Å². The highest BCUT2D eigenvalue weighted by Crippen LogP contribution is 2.31. The largest absolute Gasteiger partial charge is 0.379 e. The Morgan fingerprint density at radius 2 is 1.93 bits per heavy atom. The van der Waals surface area contributed by atoms with Crippen molar-refractivity contribution in [3.05, 3.63) is 11.8 Å². The van der Waals surface area contributed by atoms with Gasteiger partial charge in [-0.2, -0.15) is 8.78 Å². The topological polar surface area (TPSA) is 12.5 Å². The van der Waals surface area contributed by atoms with Crippen LogP contribution in [0.3, 0.4) is 0 Å². The zero-order valence-electron chi connectivity index (χ0n) is 7.93. The molecule has 1 atom stereocenters. The van der Waals surface area contributed by atoms with Gasteiger partial charge in [0.25, 0.3) is 0 Å². The number of hydrogen-bond donors (Lipinski definition) is 0. The lowest BCUT2D eigenvalue weighted by molar-refractivity contribution is -0.204. The summed E-state index contributed by atoms with van der Waals surface area (Å²) in [4.78, 5) is 0.546. The quantitative estimate of drug-likeness (QED) is 0.405. The number of hydrogen-bond acceptors (Lipinski definition) is 2. The molecule has 0 aliphatic carbocycles. The summed E-state index contributed by atoms with van der Waals surface area (Å²) >= 11 is 0. The second-order valence-electron chi connectivity index (χ2n) is 3.10. The molecule has 0 aromatic rings. The second kappa shape index (κ2) is 4.98. The molecule has 0 saturated carbocycles. The predicted molar refractivity (Wildman–Crippen MR) is 47.2 cm³/mol. The average Bonchev–Trinajstić information content (AvgIpc) is 2.28. The van der Waals surface area contributed by atoms with Gasteiger partial charge in [0.15, 0.2) is 0 Å². The Hall–Kier alpha value is -0.555. The van der Waals surface area contributed by atoms with E-state index in [-0.39, 0.29) is 32.3 Å². The Kier molecular flexibility index (Phi) is 4.16. The van der Waals surface area contributed by atoms with Crippen LogP contribution < -0.4 is 0 Å². The van der Waals surface area contributed by atoms with Crippen LogP contribution in [0.15, 0.2) is 11.8 Å². The Morgan fingerprint density at radius 3 is 2.40 bits per heavy atom. The van der Waals surface area contributed by atoms with E-state index in [4.69, 9.17) is 4.74 Å². The molecule has 1 aliphatic heterocycles. The lowest BCUT2D eigenvalue weighted by Gasteiger charge is -2.35. The van der Waals surface area contributed by atoms with Crippen LogP contribution in [0, 0.1) is 0 Å². The van der Waals surface area contributed by atoms with E-state index in [1.165, 1.54) is 0 Å². The Labute approximate surface area is 86.3 Å². The van der Waals surface area contributed by atoms with Crippen LogP contribution >= 0.6 is 0 Å². The molecule has 0 bridgehead atoms. The number of ether oxygens (including phenoxy) is 1. The van der Waals surface area contributed by atoms with E-state index in [0.717, 1.165) is 0 Å². The van der Waals surface area contributed by atoms with E-state index < -0.39 is 18.0 Å². The molecule has 0 aromatic carbocycles. The van der Waals surface area contributed by atoms with Crippen molar-refractivity contribution in [3.63, 3.8) is 0 Å². The zero-order chi connectivity index (χ0) is 11.5. The zero-order valence-corrected chi connectivity index (χ0v) is 7.93. The summed E-state index contributed by atoms with van der Waals surface area (Å²) in [6.07, 6.45) is -3.03. The van der Waals surface area contributed by atoms with Crippen LogP contribution in [0.2, 0.25) is 0 Å². The van der Waals surface area contributed by atoms with Crippen LogP contribution in [-0.4, -0.2) is 51.3 Å². The highest BCUT2D eigenvalue weighted by molar-refractivity contribution is 6.17. The molecule has 84 valence electrons. The molecule has 1 fully saturated rings. The lowest BCUT2D eigenvalue weighted by atomic mass is 10.1. The third kappa shape index (κ3) is 2.72. The van der Waals surface area contributed by atoms with Gasteiger partial charge in [-0.3, -0.25) is 0 Å². The van der Waals surface area contributed by atoms with Crippen molar-refractivity contribution in [2.75, 3.05) is 26.3 Å². The van der Waals surface area contributed by atoms with Gasteiger partial charge in [-0.15, -0.1) is 0 Å². The molecule has 2 radical (unpaired) electrons. The minimum atomic E-state index is -3.89. The Morgan fingerprint density at radius 1 is 1.40 bits per heavy atom. The number of rotatable bonds is 3. The molecule has 1 rings (SSSR count). The van der Waals surface area contributed by atoms with Gasteiger partial charge in [0.2, 0.25) is 6.17 Å². The van der Waals surface area contributed by atoms with Crippen molar-refractivity contribution < 1.29 is 22.3 Å². The van der Waals surface area contributed by atoms with Crippen LogP contribution in [0.1, 0.15) is 0 Å². The summed E-state index contributed by atoms with van der Waals surface area (Å²) in [7, 11) is 4.65. The maximum absolute atomic E-state index is 13.3. The minimum absolute atomic E-state index is 0.0796. The number of alkyl halides is 3. The standard InChI is InChI=1S/C8H10BF4NO/c9-5-6(10)7(11)8(12,13)14-1-3-15-4-2-14/h5,7H,1-4H2/b6-5-. The van der Waals surface area contributed by atoms with Crippen molar-refractivity contribution in [1.29, 1.82) is 0 Å². The van der Waals surface area contributed by atoms with E-state index in [2.05, 4.69) is 7.85 Å². The van der Waals surface area contributed by atoms with Crippen molar-refractivity contribution in [3.8, 4) is 0 Å². The molecule has 0 spiro atoms. The van der Waals surface area contributed by atoms with Gasteiger partial charge >= 0.3 is 6.05 Å².